The minimum atomic E-state index is -1.59. The summed E-state index contributed by atoms with van der Waals surface area (Å²) in [4.78, 5) is 153. The summed E-state index contributed by atoms with van der Waals surface area (Å²) < 4.78 is 20.3. The number of β-lactam (4-membered cyclic amide) rings is 2. The third kappa shape index (κ3) is 17.6. The topological polar surface area (TPSA) is 519 Å². The highest BCUT2D eigenvalue weighted by atomic mass is 127. The second-order valence-electron chi connectivity index (χ2n) is 21.6. The lowest BCUT2D eigenvalue weighted by molar-refractivity contribution is -0.665. The number of aliphatic imine (C=N–C) groups is 2. The van der Waals surface area contributed by atoms with Crippen LogP contribution in [0.3, 0.4) is 0 Å². The fourth-order valence-corrected chi connectivity index (χ4v) is 14.5. The number of imidazole rings is 2. The minimum absolute atomic E-state index is 0. The summed E-state index contributed by atoms with van der Waals surface area (Å²) in [6, 6.07) is 3.94. The van der Waals surface area contributed by atoms with Crippen LogP contribution in [-0.2, 0) is 78.6 Å². The van der Waals surface area contributed by atoms with Crippen molar-refractivity contribution in [2.45, 2.75) is 86.8 Å². The van der Waals surface area contributed by atoms with Gasteiger partial charge in [0.15, 0.2) is 40.9 Å². The number of primary amides is 2. The van der Waals surface area contributed by atoms with E-state index in [1.807, 2.05) is 10.6 Å². The summed E-state index contributed by atoms with van der Waals surface area (Å²) in [6.45, 7) is 2.48. The summed E-state index contributed by atoms with van der Waals surface area (Å²) >= 11 is 4.47. The number of rotatable bonds is 28. The number of amides is 8. The van der Waals surface area contributed by atoms with E-state index in [-0.39, 0.29) is 126 Å². The van der Waals surface area contributed by atoms with Crippen molar-refractivity contribution in [1.82, 2.24) is 74.2 Å². The molecule has 6 aromatic heterocycles. The first-order chi connectivity index (χ1) is 45.9. The van der Waals surface area contributed by atoms with Gasteiger partial charge in [-0.15, -0.1) is 23.5 Å². The third-order valence-electron chi connectivity index (χ3n) is 15.2. The fourth-order valence-electron chi connectivity index (χ4n) is 10.6. The molecule has 7 atom stereocenters. The number of carbonyl (C=O) groups excluding carboxylic acids is 10. The van der Waals surface area contributed by atoms with Crippen molar-refractivity contribution in [3.05, 3.63) is 83.5 Å². The monoisotopic (exact) mass is 1570 g/mol. The van der Waals surface area contributed by atoms with Gasteiger partial charge in [-0.1, -0.05) is 0 Å². The number of hydrogen-bond acceptors (Lipinski definition) is 28. The molecule has 2 saturated heterocycles. The molecule has 0 spiro atoms. The molecule has 520 valence electrons. The van der Waals surface area contributed by atoms with Crippen LogP contribution in [0.2, 0.25) is 0 Å². The average Bonchev–Trinajstić information content (AvgIpc) is 0.763. The number of carbonyl (C=O) groups is 10. The molecule has 7 unspecified atom stereocenters. The number of carboxylic acid groups (broad SMARTS) is 1. The van der Waals surface area contributed by atoms with E-state index in [4.69, 9.17) is 40.8 Å². The average molecular weight is 1580 g/mol. The lowest BCUT2D eigenvalue weighted by atomic mass is 10.0. The lowest BCUT2D eigenvalue weighted by Crippen LogP contribution is -3.00. The van der Waals surface area contributed by atoms with Crippen LogP contribution in [0.4, 0.5) is 10.3 Å². The number of halogens is 1. The number of thioether (sulfide) groups is 2. The van der Waals surface area contributed by atoms with Gasteiger partial charge >= 0.3 is 17.3 Å². The quantitative estimate of drug-likeness (QED) is 0.00415. The van der Waals surface area contributed by atoms with Gasteiger partial charge in [0.1, 0.15) is 65.7 Å². The number of pyridine rings is 2. The Labute approximate surface area is 601 Å². The molecule has 10 heterocycles. The van der Waals surface area contributed by atoms with Gasteiger partial charge in [0, 0.05) is 80.9 Å². The molecule has 4 aliphatic rings. The summed E-state index contributed by atoms with van der Waals surface area (Å²) in [5, 5.41) is 25.1. The van der Waals surface area contributed by atoms with Gasteiger partial charge in [0.05, 0.1) is 36.1 Å². The zero-order chi connectivity index (χ0) is 69.2. The van der Waals surface area contributed by atoms with Gasteiger partial charge in [-0.25, -0.2) is 13.9 Å². The fraction of sp³-hybridized carbons (Fsp3) is 0.407. The van der Waals surface area contributed by atoms with Gasteiger partial charge in [0.2, 0.25) is 60.3 Å². The molecule has 2 radical (unpaired) electrons. The van der Waals surface area contributed by atoms with Crippen molar-refractivity contribution in [3.8, 4) is 0 Å². The molecule has 44 heteroatoms. The standard InChI is InChI=1S/C28H34BN12O6PS2.C26H30N12O6S2.H2I.H2S/c1-32-15(21(30)43)6-4-8-34-17(42)11-40-13-35-23-16(40)7-5-9-39(23)10-14-12-49-26-19(25(45)41(26)20(14)27(46)47-48(3)29)36-24(44)18(33-2)22-37-28(31)50-38-22;1-30-16(20-34-26(29)46-35-20)22(41)33-17-23(42)38-18(25(43)44)12(10-45-24(17)38)8-36-7-3-5-14-21(36)32-11-37(14)9-15(39)31-6-2-4-13(27)19(28)40;;/h5,7,9,13,15,19,26,32H,4,6,8,10-12H2,1-3H3,(H5-,30,31,34,36,37,38,42,43,44);3,5,7,11,13,17,24H,2,4,6,8-10,27H2,1H3,(H6-,28,29,31,33,34,35,39,40,41,43,44);2*1H2/q;;+1;/p+1. The van der Waals surface area contributed by atoms with E-state index in [1.165, 1.54) is 48.8 Å². The smallest absolute Gasteiger partial charge is 0.357 e. The van der Waals surface area contributed by atoms with Gasteiger partial charge in [-0.2, -0.15) is 32.2 Å². The number of nitrogens with two attached hydrogens (primary N) is 5. The Balaban J connectivity index is 0.000000271. The molecular weight excluding hydrogens is 1510 g/mol. The lowest BCUT2D eigenvalue weighted by Gasteiger charge is -2.50. The molecule has 98 heavy (non-hydrogen) atoms. The van der Waals surface area contributed by atoms with Gasteiger partial charge in [0.25, 0.3) is 23.6 Å². The number of nitrogens with zero attached hydrogens (tertiary/aromatic N) is 14. The van der Waals surface area contributed by atoms with Crippen molar-refractivity contribution in [1.29, 1.82) is 0 Å². The van der Waals surface area contributed by atoms with Crippen LogP contribution in [0.5, 0.6) is 0 Å². The number of aliphatic carboxylic acids is 1. The molecular formula is C54H69BIN24O12PS5+2. The highest BCUT2D eigenvalue weighted by molar-refractivity contribution is 8.00. The largest absolute Gasteiger partial charge is 0.543 e. The second-order valence-corrected chi connectivity index (χ2v) is 26.6. The van der Waals surface area contributed by atoms with Crippen molar-refractivity contribution in [2.24, 2.45) is 27.2 Å². The zero-order valence-corrected chi connectivity index (χ0v) is 60.4. The Morgan fingerprint density at radius 1 is 0.745 bits per heavy atom. The Morgan fingerprint density at radius 3 is 1.59 bits per heavy atom. The van der Waals surface area contributed by atoms with E-state index >= 15 is 0 Å². The number of aromatic nitrogens is 10. The van der Waals surface area contributed by atoms with Gasteiger partial charge < -0.3 is 69.7 Å². The molecule has 6 aromatic rings. The van der Waals surface area contributed by atoms with Crippen LogP contribution < -0.4 is 93.5 Å². The normalized spacial score (nSPS) is 18.3. The highest BCUT2D eigenvalue weighted by Crippen LogP contribution is 2.43. The number of fused-ring (bicyclic) bond motifs is 4. The molecule has 8 amide bonds. The van der Waals surface area contributed by atoms with Gasteiger partial charge in [-0.3, -0.25) is 67.3 Å². The number of carboxylic acids is 1. The van der Waals surface area contributed by atoms with Gasteiger partial charge in [-0.05, 0) is 73.6 Å². The Bertz CT molecular complexity index is 4210. The number of anilines is 2. The molecule has 0 saturated carbocycles. The maximum absolute atomic E-state index is 13.5. The first-order valence-corrected chi connectivity index (χ1v) is 34.6. The second kappa shape index (κ2) is 34.4. The van der Waals surface area contributed by atoms with E-state index in [1.54, 1.807) is 64.3 Å². The molecule has 36 nitrogen and oxygen atoms in total. The van der Waals surface area contributed by atoms with E-state index in [2.05, 4.69) is 65.3 Å². The van der Waals surface area contributed by atoms with E-state index in [9.17, 15) is 53.1 Å². The number of hydrogen-bond donors (Lipinski definition) is 10. The molecule has 2 fully saturated rings. The van der Waals surface area contributed by atoms with Crippen LogP contribution >= 0.6 is 68.1 Å². The number of likely N-dealkylation sites (N-methyl/N-ethyl adjacent to an activating group) is 1. The van der Waals surface area contributed by atoms with E-state index < -0.39 is 90.3 Å². The Morgan fingerprint density at radius 2 is 1.19 bits per heavy atom. The first-order valence-electron chi connectivity index (χ1n) is 29.1. The van der Waals surface area contributed by atoms with Crippen LogP contribution in [0.1, 0.15) is 37.3 Å². The summed E-state index contributed by atoms with van der Waals surface area (Å²) in [5.41, 5.74) is 30.3. The molecule has 10 rings (SSSR count). The maximum Gasteiger partial charge on any atom is 0.357 e. The molecule has 0 bridgehead atoms. The summed E-state index contributed by atoms with van der Waals surface area (Å²) in [6.07, 6.45) is 8.43. The van der Waals surface area contributed by atoms with Crippen molar-refractivity contribution in [3.63, 3.8) is 0 Å². The van der Waals surface area contributed by atoms with Crippen molar-refractivity contribution in [2.75, 3.05) is 63.9 Å². The maximum atomic E-state index is 13.5. The van der Waals surface area contributed by atoms with Crippen LogP contribution in [0.25, 0.3) is 22.3 Å². The van der Waals surface area contributed by atoms with Crippen molar-refractivity contribution >= 4 is 179 Å². The molecule has 15 N–H and O–H groups in total. The van der Waals surface area contributed by atoms with Crippen LogP contribution in [0, 0.1) is 0 Å². The zero-order valence-electron chi connectivity index (χ0n) is 52.7. The number of nitrogens with one attached hydrogen (secondary N) is 5. The summed E-state index contributed by atoms with van der Waals surface area (Å²) in [5.74, 6) is -5.66. The minimum Gasteiger partial charge on any atom is -0.543 e. The predicted molar refractivity (Wildman–Crippen MR) is 364 cm³/mol. The SMILES string of the molecule is CN=C(C(=O)NC1C(=O)N2C(C(=O)[O-])=C(C[n+]3cccc4c3ncn4CC(=O)NCCCC(N)C(N)=O)CSC12)c1nsc(N)n1.S.[B]P(C)OC(=O)C1=C(C[n+]2cccc3c2ncn3CC(=O)NCCCC(NC)C(N)=O)CSC2C(NC(=O)C(=NC)c3nsc(N)n3)C(=O)N12.[IH2+]. The number of nitrogen functional groups attached to an aromatic ring is 2. The first kappa shape index (κ1) is 77.0. The Hall–Kier alpha value is -8.33. The summed E-state index contributed by atoms with van der Waals surface area (Å²) in [7, 11) is 8.69. The predicted octanol–water partition coefficient (Wildman–Crippen LogP) is -9.28. The van der Waals surface area contributed by atoms with Crippen molar-refractivity contribution < 1.29 is 90.7 Å². The molecule has 0 aliphatic carbocycles. The van der Waals surface area contributed by atoms with E-state index in [0.29, 0.717) is 78.0 Å². The Kier molecular flexibility index (Phi) is 27.1. The molecule has 4 aliphatic heterocycles. The van der Waals surface area contributed by atoms with E-state index in [0.717, 1.165) is 28.0 Å². The highest BCUT2D eigenvalue weighted by Gasteiger charge is 2.56. The van der Waals surface area contributed by atoms with Crippen LogP contribution in [-0.4, -0.2) is 213 Å². The van der Waals surface area contributed by atoms with Crippen LogP contribution in [0.15, 0.2) is 81.8 Å². The molecule has 0 aromatic carbocycles. The third-order valence-corrected chi connectivity index (χ3v) is 19.4.